The smallest absolute Gasteiger partial charge is 0.0747 e. The first kappa shape index (κ1) is 7.03. The zero-order chi connectivity index (χ0) is 6.85. The molecule has 2 atom stereocenters. The second-order valence-corrected chi connectivity index (χ2v) is 2.90. The molecule has 0 spiro atoms. The highest BCUT2D eigenvalue weighted by Gasteiger charge is 2.33. The molecule has 1 fully saturated rings. The van der Waals surface area contributed by atoms with Crippen molar-refractivity contribution in [2.24, 2.45) is 11.7 Å². The zero-order valence-corrected chi connectivity index (χ0v) is 6.13. The van der Waals surface area contributed by atoms with Crippen LogP contribution in [0.5, 0.6) is 0 Å². The maximum atomic E-state index is 5.66. The first-order valence-corrected chi connectivity index (χ1v) is 3.54. The molecule has 0 saturated heterocycles. The van der Waals surface area contributed by atoms with E-state index in [4.69, 9.17) is 10.5 Å². The molecular weight excluding hydrogens is 114 g/mol. The molecule has 0 radical (unpaired) electrons. The normalized spacial score (nSPS) is 25.7. The number of hydrogen-bond donors (Lipinski definition) is 1. The van der Waals surface area contributed by atoms with Crippen molar-refractivity contribution >= 4 is 0 Å². The first-order valence-electron chi connectivity index (χ1n) is 3.54. The number of rotatable bonds is 3. The Hall–Kier alpha value is -0.0800. The van der Waals surface area contributed by atoms with Crippen molar-refractivity contribution in [3.63, 3.8) is 0 Å². The summed E-state index contributed by atoms with van der Waals surface area (Å²) in [5.74, 6) is 0.759. The molecule has 0 bridgehead atoms. The number of ether oxygens (including phenoxy) is 1. The molecule has 1 aliphatic carbocycles. The molecule has 2 heteroatoms. The molecule has 2 N–H and O–H groups in total. The Bertz CT molecular complexity index is 86.9. The Labute approximate surface area is 56.4 Å². The van der Waals surface area contributed by atoms with Crippen molar-refractivity contribution in [3.8, 4) is 0 Å². The van der Waals surface area contributed by atoms with E-state index in [0.29, 0.717) is 6.10 Å². The summed E-state index contributed by atoms with van der Waals surface area (Å²) in [6.45, 7) is 2.01. The minimum atomic E-state index is 0.197. The molecule has 0 aromatic heterocycles. The Balaban J connectivity index is 2.28. The van der Waals surface area contributed by atoms with Gasteiger partial charge in [-0.25, -0.2) is 0 Å². The van der Waals surface area contributed by atoms with Crippen LogP contribution in [0.3, 0.4) is 0 Å². The summed E-state index contributed by atoms with van der Waals surface area (Å²) in [6.07, 6.45) is 2.92. The van der Waals surface area contributed by atoms with Gasteiger partial charge in [0.2, 0.25) is 0 Å². The first-order chi connectivity index (χ1) is 4.25. The van der Waals surface area contributed by atoms with Gasteiger partial charge >= 0.3 is 0 Å². The van der Waals surface area contributed by atoms with Gasteiger partial charge in [-0.05, 0) is 25.7 Å². The molecule has 0 unspecified atom stereocenters. The van der Waals surface area contributed by atoms with Crippen LogP contribution >= 0.6 is 0 Å². The van der Waals surface area contributed by atoms with Gasteiger partial charge in [0.1, 0.15) is 0 Å². The van der Waals surface area contributed by atoms with Crippen LogP contribution < -0.4 is 5.73 Å². The van der Waals surface area contributed by atoms with E-state index in [9.17, 15) is 0 Å². The van der Waals surface area contributed by atoms with Gasteiger partial charge < -0.3 is 10.5 Å². The monoisotopic (exact) mass is 129 g/mol. The van der Waals surface area contributed by atoms with Crippen LogP contribution in [-0.2, 0) is 4.74 Å². The molecule has 0 aromatic rings. The van der Waals surface area contributed by atoms with Gasteiger partial charge in [0.25, 0.3) is 0 Å². The highest BCUT2D eigenvalue weighted by molar-refractivity contribution is 4.86. The minimum absolute atomic E-state index is 0.197. The lowest BCUT2D eigenvalue weighted by Crippen LogP contribution is -2.34. The fourth-order valence-corrected chi connectivity index (χ4v) is 1.26. The van der Waals surface area contributed by atoms with Crippen LogP contribution in [0.25, 0.3) is 0 Å². The molecule has 1 aliphatic rings. The molecule has 0 aromatic carbocycles. The summed E-state index contributed by atoms with van der Waals surface area (Å²) in [7, 11) is 1.74. The third kappa shape index (κ3) is 1.66. The van der Waals surface area contributed by atoms with Gasteiger partial charge in [0.15, 0.2) is 0 Å². The van der Waals surface area contributed by atoms with Crippen LogP contribution in [0.2, 0.25) is 0 Å². The lowest BCUT2D eigenvalue weighted by Gasteiger charge is -2.17. The Morgan fingerprint density at radius 3 is 2.22 bits per heavy atom. The third-order valence-corrected chi connectivity index (χ3v) is 1.88. The maximum absolute atomic E-state index is 5.66. The number of hydrogen-bond acceptors (Lipinski definition) is 2. The topological polar surface area (TPSA) is 35.2 Å². The molecular formula is C7H15NO. The zero-order valence-electron chi connectivity index (χ0n) is 6.13. The van der Waals surface area contributed by atoms with Gasteiger partial charge in [-0.1, -0.05) is 0 Å². The van der Waals surface area contributed by atoms with E-state index in [2.05, 4.69) is 0 Å². The molecule has 1 saturated carbocycles. The third-order valence-electron chi connectivity index (χ3n) is 1.88. The average Bonchev–Trinajstić information content (AvgIpc) is 2.50. The van der Waals surface area contributed by atoms with Gasteiger partial charge in [0, 0.05) is 13.2 Å². The van der Waals surface area contributed by atoms with Crippen molar-refractivity contribution in [1.29, 1.82) is 0 Å². The van der Waals surface area contributed by atoms with Gasteiger partial charge in [0.05, 0.1) is 6.10 Å². The number of nitrogens with two attached hydrogens (primary N) is 1. The Morgan fingerprint density at radius 1 is 1.56 bits per heavy atom. The second-order valence-electron chi connectivity index (χ2n) is 2.90. The van der Waals surface area contributed by atoms with E-state index in [0.717, 1.165) is 5.92 Å². The standard InChI is InChI=1S/C7H15NO/c1-5(8)7(9-2)6-3-4-6/h5-7H,3-4,8H2,1-2H3/t5-,7-/m0/s1. The van der Waals surface area contributed by atoms with E-state index in [1.54, 1.807) is 7.11 Å². The quantitative estimate of drug-likeness (QED) is 0.610. The summed E-state index contributed by atoms with van der Waals surface area (Å²) >= 11 is 0. The fourth-order valence-electron chi connectivity index (χ4n) is 1.26. The maximum Gasteiger partial charge on any atom is 0.0747 e. The predicted molar refractivity (Wildman–Crippen MR) is 37.2 cm³/mol. The van der Waals surface area contributed by atoms with E-state index < -0.39 is 0 Å². The van der Waals surface area contributed by atoms with Crippen LogP contribution in [0.4, 0.5) is 0 Å². The van der Waals surface area contributed by atoms with Crippen LogP contribution in [0.15, 0.2) is 0 Å². The van der Waals surface area contributed by atoms with E-state index >= 15 is 0 Å². The highest BCUT2D eigenvalue weighted by Crippen LogP contribution is 2.34. The van der Waals surface area contributed by atoms with Crippen LogP contribution in [0, 0.1) is 5.92 Å². The molecule has 1 rings (SSSR count). The lowest BCUT2D eigenvalue weighted by atomic mass is 10.1. The van der Waals surface area contributed by atoms with Crippen molar-refractivity contribution in [3.05, 3.63) is 0 Å². The second kappa shape index (κ2) is 2.67. The molecule has 9 heavy (non-hydrogen) atoms. The summed E-state index contributed by atoms with van der Waals surface area (Å²) < 4.78 is 5.21. The van der Waals surface area contributed by atoms with Crippen LogP contribution in [0.1, 0.15) is 19.8 Å². The molecule has 0 amide bonds. The fraction of sp³-hybridized carbons (Fsp3) is 1.00. The van der Waals surface area contributed by atoms with Gasteiger partial charge in [-0.3, -0.25) is 0 Å². The minimum Gasteiger partial charge on any atom is -0.380 e. The summed E-state index contributed by atoms with van der Waals surface area (Å²) in [5.41, 5.74) is 5.66. The summed E-state index contributed by atoms with van der Waals surface area (Å²) in [6, 6.07) is 0.197. The van der Waals surface area contributed by atoms with Crippen LogP contribution in [-0.4, -0.2) is 19.3 Å². The Morgan fingerprint density at radius 2 is 2.11 bits per heavy atom. The van der Waals surface area contributed by atoms with E-state index in [1.807, 2.05) is 6.92 Å². The Kier molecular flexibility index (Phi) is 2.09. The summed E-state index contributed by atoms with van der Waals surface area (Å²) in [4.78, 5) is 0. The van der Waals surface area contributed by atoms with Crippen molar-refractivity contribution in [1.82, 2.24) is 0 Å². The van der Waals surface area contributed by atoms with Gasteiger partial charge in [-0.2, -0.15) is 0 Å². The lowest BCUT2D eigenvalue weighted by molar-refractivity contribution is 0.0675. The van der Waals surface area contributed by atoms with E-state index in [-0.39, 0.29) is 6.04 Å². The summed E-state index contributed by atoms with van der Waals surface area (Å²) in [5, 5.41) is 0. The van der Waals surface area contributed by atoms with Gasteiger partial charge in [-0.15, -0.1) is 0 Å². The molecule has 54 valence electrons. The van der Waals surface area contributed by atoms with Crippen molar-refractivity contribution in [2.45, 2.75) is 31.9 Å². The van der Waals surface area contributed by atoms with Crippen molar-refractivity contribution < 1.29 is 4.74 Å². The predicted octanol–water partition coefficient (Wildman–Crippen LogP) is 0.759. The highest BCUT2D eigenvalue weighted by atomic mass is 16.5. The largest absolute Gasteiger partial charge is 0.380 e. The number of methoxy groups -OCH3 is 1. The average molecular weight is 129 g/mol. The van der Waals surface area contributed by atoms with Crippen molar-refractivity contribution in [2.75, 3.05) is 7.11 Å². The van der Waals surface area contributed by atoms with E-state index in [1.165, 1.54) is 12.8 Å². The molecule has 2 nitrogen and oxygen atoms in total. The molecule has 0 heterocycles. The SMILES string of the molecule is CO[C@H](C1CC1)[C@H](C)N. The molecule has 0 aliphatic heterocycles.